The highest BCUT2D eigenvalue weighted by Crippen LogP contribution is 2.32. The summed E-state index contributed by atoms with van der Waals surface area (Å²) in [5.74, 6) is -1.90. The van der Waals surface area contributed by atoms with Crippen molar-refractivity contribution in [3.05, 3.63) is 16.1 Å². The molecule has 0 spiro atoms. The van der Waals surface area contributed by atoms with Gasteiger partial charge >= 0.3 is 5.97 Å². The van der Waals surface area contributed by atoms with Gasteiger partial charge in [-0.15, -0.1) is 11.3 Å². The zero-order chi connectivity index (χ0) is 13.1. The molecular formula is C12H16N2O3S. The molecule has 0 aromatic carbocycles. The molecule has 1 aromatic rings. The Balaban J connectivity index is 1.92. The van der Waals surface area contributed by atoms with E-state index in [-0.39, 0.29) is 11.8 Å². The topological polar surface area (TPSA) is 79.3 Å². The van der Waals surface area contributed by atoms with Gasteiger partial charge in [0.1, 0.15) is 0 Å². The lowest BCUT2D eigenvalue weighted by molar-refractivity contribution is -0.146. The fourth-order valence-corrected chi connectivity index (χ4v) is 3.08. The van der Waals surface area contributed by atoms with Gasteiger partial charge in [-0.1, -0.05) is 6.42 Å². The average molecular weight is 268 g/mol. The zero-order valence-corrected chi connectivity index (χ0v) is 11.0. The maximum Gasteiger partial charge on any atom is 0.307 e. The second kappa shape index (κ2) is 5.48. The molecule has 1 saturated carbocycles. The van der Waals surface area contributed by atoms with Crippen molar-refractivity contribution in [2.24, 2.45) is 11.8 Å². The molecule has 2 unspecified atom stereocenters. The average Bonchev–Trinajstić information content (AvgIpc) is 2.94. The number of hydrogen-bond acceptors (Lipinski definition) is 4. The molecule has 1 amide bonds. The summed E-state index contributed by atoms with van der Waals surface area (Å²) < 4.78 is 0. The first-order valence-electron chi connectivity index (χ1n) is 5.99. The summed E-state index contributed by atoms with van der Waals surface area (Å²) in [4.78, 5) is 28.1. The SMILES string of the molecule is Cc1ncsc1CNC(=O)C1CCCC1C(=O)O. The van der Waals surface area contributed by atoms with E-state index in [1.54, 1.807) is 5.51 Å². The number of carbonyl (C=O) groups excluding carboxylic acids is 1. The number of rotatable bonds is 4. The van der Waals surface area contributed by atoms with Crippen molar-refractivity contribution in [2.45, 2.75) is 32.7 Å². The molecule has 1 aliphatic carbocycles. The maximum atomic E-state index is 12.0. The van der Waals surface area contributed by atoms with Gasteiger partial charge < -0.3 is 10.4 Å². The number of aromatic nitrogens is 1. The lowest BCUT2D eigenvalue weighted by atomic mass is 9.95. The Morgan fingerprint density at radius 2 is 2.22 bits per heavy atom. The van der Waals surface area contributed by atoms with Crippen LogP contribution in [-0.2, 0) is 16.1 Å². The number of hydrogen-bond donors (Lipinski definition) is 2. The summed E-state index contributed by atoms with van der Waals surface area (Å²) in [5.41, 5.74) is 2.66. The summed E-state index contributed by atoms with van der Waals surface area (Å²) in [6, 6.07) is 0. The minimum atomic E-state index is -0.860. The van der Waals surface area contributed by atoms with Crippen LogP contribution in [-0.4, -0.2) is 22.0 Å². The molecule has 0 bridgehead atoms. The lowest BCUT2D eigenvalue weighted by Crippen LogP contribution is -2.34. The van der Waals surface area contributed by atoms with E-state index in [0.717, 1.165) is 17.0 Å². The van der Waals surface area contributed by atoms with Crippen molar-refractivity contribution in [3.8, 4) is 0 Å². The molecule has 0 aliphatic heterocycles. The summed E-state index contributed by atoms with van der Waals surface area (Å²) in [7, 11) is 0. The van der Waals surface area contributed by atoms with E-state index >= 15 is 0 Å². The van der Waals surface area contributed by atoms with Crippen LogP contribution in [0.5, 0.6) is 0 Å². The smallest absolute Gasteiger partial charge is 0.307 e. The fourth-order valence-electron chi connectivity index (χ4n) is 2.36. The normalized spacial score (nSPS) is 22.9. The molecule has 6 heteroatoms. The Bertz CT molecular complexity index is 458. The minimum Gasteiger partial charge on any atom is -0.481 e. The van der Waals surface area contributed by atoms with Crippen molar-refractivity contribution in [2.75, 3.05) is 0 Å². The Hall–Kier alpha value is -1.43. The van der Waals surface area contributed by atoms with Crippen molar-refractivity contribution < 1.29 is 14.7 Å². The molecule has 2 N–H and O–H groups in total. The third-order valence-electron chi connectivity index (χ3n) is 3.44. The van der Waals surface area contributed by atoms with Crippen LogP contribution >= 0.6 is 11.3 Å². The number of aliphatic carboxylic acids is 1. The van der Waals surface area contributed by atoms with Crippen LogP contribution in [0.1, 0.15) is 29.8 Å². The first-order chi connectivity index (χ1) is 8.59. The van der Waals surface area contributed by atoms with Crippen LogP contribution in [0.2, 0.25) is 0 Å². The standard InChI is InChI=1S/C12H16N2O3S/c1-7-10(18-6-14-7)5-13-11(15)8-3-2-4-9(8)12(16)17/h6,8-9H,2-5H2,1H3,(H,13,15)(H,16,17). The van der Waals surface area contributed by atoms with Crippen LogP contribution in [0.15, 0.2) is 5.51 Å². The molecule has 2 atom stereocenters. The summed E-state index contributed by atoms with van der Waals surface area (Å²) >= 11 is 1.50. The number of amides is 1. The van der Waals surface area contributed by atoms with E-state index in [0.29, 0.717) is 19.4 Å². The van der Waals surface area contributed by atoms with Crippen LogP contribution in [0.3, 0.4) is 0 Å². The number of nitrogens with one attached hydrogen (secondary N) is 1. The second-order valence-corrected chi connectivity index (χ2v) is 5.50. The van der Waals surface area contributed by atoms with Gasteiger partial charge in [0.2, 0.25) is 5.91 Å². The van der Waals surface area contributed by atoms with E-state index in [2.05, 4.69) is 10.3 Å². The largest absolute Gasteiger partial charge is 0.481 e. The third kappa shape index (κ3) is 2.69. The molecule has 2 rings (SSSR count). The van der Waals surface area contributed by atoms with Gasteiger partial charge in [0.15, 0.2) is 0 Å². The quantitative estimate of drug-likeness (QED) is 0.868. The number of carboxylic acids is 1. The van der Waals surface area contributed by atoms with E-state index in [9.17, 15) is 9.59 Å². The van der Waals surface area contributed by atoms with Gasteiger partial charge in [-0.2, -0.15) is 0 Å². The van der Waals surface area contributed by atoms with Gasteiger partial charge in [0, 0.05) is 4.88 Å². The molecule has 1 aliphatic rings. The van der Waals surface area contributed by atoms with Crippen molar-refractivity contribution in [1.82, 2.24) is 10.3 Å². The first-order valence-corrected chi connectivity index (χ1v) is 6.87. The highest BCUT2D eigenvalue weighted by atomic mass is 32.1. The molecular weight excluding hydrogens is 252 g/mol. The van der Waals surface area contributed by atoms with Crippen LogP contribution in [0.4, 0.5) is 0 Å². The Labute approximate surface area is 109 Å². The Morgan fingerprint density at radius 1 is 1.50 bits per heavy atom. The zero-order valence-electron chi connectivity index (χ0n) is 10.2. The first kappa shape index (κ1) is 13.0. The Kier molecular flexibility index (Phi) is 3.96. The second-order valence-electron chi connectivity index (χ2n) is 4.56. The minimum absolute atomic E-state index is 0.146. The van der Waals surface area contributed by atoms with Gasteiger partial charge in [-0.05, 0) is 19.8 Å². The molecule has 98 valence electrons. The molecule has 1 heterocycles. The number of aryl methyl sites for hydroxylation is 1. The van der Waals surface area contributed by atoms with Gasteiger partial charge in [0.05, 0.1) is 29.6 Å². The monoisotopic (exact) mass is 268 g/mol. The summed E-state index contributed by atoms with van der Waals surface area (Å²) in [6.45, 7) is 2.34. The molecule has 1 fully saturated rings. The summed E-state index contributed by atoms with van der Waals surface area (Å²) in [6.07, 6.45) is 2.09. The molecule has 0 radical (unpaired) electrons. The maximum absolute atomic E-state index is 12.0. The lowest BCUT2D eigenvalue weighted by Gasteiger charge is -2.15. The van der Waals surface area contributed by atoms with Crippen LogP contribution < -0.4 is 5.32 Å². The van der Waals surface area contributed by atoms with Gasteiger partial charge in [0.25, 0.3) is 0 Å². The van der Waals surface area contributed by atoms with E-state index in [1.807, 2.05) is 6.92 Å². The van der Waals surface area contributed by atoms with Crippen LogP contribution in [0, 0.1) is 18.8 Å². The predicted molar refractivity (Wildman–Crippen MR) is 67.2 cm³/mol. The van der Waals surface area contributed by atoms with Crippen LogP contribution in [0.25, 0.3) is 0 Å². The molecule has 5 nitrogen and oxygen atoms in total. The number of thiazole rings is 1. The van der Waals surface area contributed by atoms with Crippen molar-refractivity contribution in [3.63, 3.8) is 0 Å². The fraction of sp³-hybridized carbons (Fsp3) is 0.583. The summed E-state index contributed by atoms with van der Waals surface area (Å²) in [5, 5.41) is 11.9. The molecule has 0 saturated heterocycles. The van der Waals surface area contributed by atoms with Gasteiger partial charge in [-0.25, -0.2) is 4.98 Å². The highest BCUT2D eigenvalue weighted by molar-refractivity contribution is 7.09. The van der Waals surface area contributed by atoms with Crippen molar-refractivity contribution >= 4 is 23.2 Å². The number of carbonyl (C=O) groups is 2. The molecule has 18 heavy (non-hydrogen) atoms. The van der Waals surface area contributed by atoms with Gasteiger partial charge in [-0.3, -0.25) is 9.59 Å². The number of carboxylic acid groups (broad SMARTS) is 1. The number of nitrogens with zero attached hydrogens (tertiary/aromatic N) is 1. The van der Waals surface area contributed by atoms with Crippen molar-refractivity contribution in [1.29, 1.82) is 0 Å². The van der Waals surface area contributed by atoms with E-state index in [4.69, 9.17) is 5.11 Å². The Morgan fingerprint density at radius 3 is 2.83 bits per heavy atom. The highest BCUT2D eigenvalue weighted by Gasteiger charge is 2.37. The van der Waals surface area contributed by atoms with E-state index < -0.39 is 11.9 Å². The third-order valence-corrected chi connectivity index (χ3v) is 4.37. The molecule has 1 aromatic heterocycles. The predicted octanol–water partition coefficient (Wildman–Crippen LogP) is 1.57. The van der Waals surface area contributed by atoms with E-state index in [1.165, 1.54) is 11.3 Å².